The van der Waals surface area contributed by atoms with Crippen LogP contribution in [0.2, 0.25) is 0 Å². The van der Waals surface area contributed by atoms with E-state index in [-0.39, 0.29) is 11.4 Å². The Labute approximate surface area is 214 Å². The van der Waals surface area contributed by atoms with E-state index in [0.29, 0.717) is 19.1 Å². The molecule has 190 valence electrons. The van der Waals surface area contributed by atoms with Crippen molar-refractivity contribution in [1.82, 2.24) is 0 Å². The van der Waals surface area contributed by atoms with Crippen LogP contribution in [-0.2, 0) is 27.8 Å². The minimum absolute atomic E-state index is 0.238. The van der Waals surface area contributed by atoms with E-state index in [4.69, 9.17) is 14.2 Å². The molecule has 1 saturated heterocycles. The lowest BCUT2D eigenvalue weighted by atomic mass is 9.48. The van der Waals surface area contributed by atoms with Gasteiger partial charge in [0.25, 0.3) is 0 Å². The molecule has 5 aliphatic rings. The van der Waals surface area contributed by atoms with Crippen LogP contribution in [0.25, 0.3) is 0 Å². The number of likely N-dealkylation sites (tertiary alicyclic amines) is 1. The Morgan fingerprint density at radius 3 is 2.72 bits per heavy atom. The molecule has 2 aliphatic heterocycles. The van der Waals surface area contributed by atoms with Gasteiger partial charge in [-0.05, 0) is 49.3 Å². The molecule has 3 fully saturated rings. The number of carbonyl (C=O) groups is 1. The topological polar surface area (TPSA) is 44.8 Å². The summed E-state index contributed by atoms with van der Waals surface area (Å²) >= 11 is 0. The maximum Gasteiger partial charge on any atom is 0.174 e. The summed E-state index contributed by atoms with van der Waals surface area (Å²) in [5, 5.41) is 0. The first-order valence-electron chi connectivity index (χ1n) is 13.9. The second-order valence-corrected chi connectivity index (χ2v) is 12.2. The number of Topliss-reactive ketones (excluding diaryl/α,β-unsaturated/α-hetero) is 1. The van der Waals surface area contributed by atoms with Crippen molar-refractivity contribution in [3.63, 3.8) is 0 Å². The maximum absolute atomic E-state index is 13.5. The summed E-state index contributed by atoms with van der Waals surface area (Å²) in [6.07, 6.45) is 7.53. The average Bonchev–Trinajstić information content (AvgIpc) is 3.63. The van der Waals surface area contributed by atoms with Gasteiger partial charge in [0, 0.05) is 37.4 Å². The van der Waals surface area contributed by atoms with Crippen molar-refractivity contribution >= 4 is 5.78 Å². The van der Waals surface area contributed by atoms with E-state index in [1.807, 2.05) is 6.07 Å². The molecule has 36 heavy (non-hydrogen) atoms. The predicted molar refractivity (Wildman–Crippen MR) is 138 cm³/mol. The van der Waals surface area contributed by atoms with Crippen molar-refractivity contribution in [2.45, 2.75) is 74.5 Å². The molecular weight excluding hydrogens is 450 g/mol. The molecular formula is C31H38NO4+. The maximum atomic E-state index is 13.5. The van der Waals surface area contributed by atoms with Gasteiger partial charge < -0.3 is 18.7 Å². The van der Waals surface area contributed by atoms with Crippen molar-refractivity contribution in [3.8, 4) is 11.5 Å². The molecule has 2 aromatic carbocycles. The largest absolute Gasteiger partial charge is 0.493 e. The summed E-state index contributed by atoms with van der Waals surface area (Å²) < 4.78 is 20.7. The summed E-state index contributed by atoms with van der Waals surface area (Å²) in [5.41, 5.74) is 3.15. The molecule has 0 aromatic heterocycles. The number of quaternary nitrogens is 1. The highest BCUT2D eigenvalue weighted by Gasteiger charge is 2.77. The van der Waals surface area contributed by atoms with E-state index in [2.05, 4.69) is 43.4 Å². The Hall–Kier alpha value is -2.37. The van der Waals surface area contributed by atoms with E-state index >= 15 is 0 Å². The molecule has 0 amide bonds. The van der Waals surface area contributed by atoms with Crippen molar-refractivity contribution in [3.05, 3.63) is 59.2 Å². The third kappa shape index (κ3) is 3.05. The summed E-state index contributed by atoms with van der Waals surface area (Å²) in [6, 6.07) is 15.3. The van der Waals surface area contributed by atoms with Crippen LogP contribution in [0.1, 0.15) is 55.2 Å². The third-order valence-electron chi connectivity index (χ3n) is 10.3. The fourth-order valence-corrected chi connectivity index (χ4v) is 8.53. The van der Waals surface area contributed by atoms with Crippen molar-refractivity contribution in [2.24, 2.45) is 5.92 Å². The average molecular weight is 489 g/mol. The SMILES string of the molecule is COc1ccc2c3c1O[C@H]1C(=O)CC[C@@]4(OCCCc5ccccc5)[C@@H](C2)[N@@+](C)(CC2CC2)CC[C@]314. The lowest BCUT2D eigenvalue weighted by molar-refractivity contribution is -0.950. The standard InChI is InChI=1S/C31H38NO4/c1-32(20-22-10-11-22)17-16-30-27-23-12-13-25(34-2)28(27)36-29(30)24(33)14-15-31(30,26(32)19-23)35-18-6-9-21-7-4-3-5-8-21/h3-5,7-8,12-13,22,26,29H,6,9-11,14-20H2,1-2H3/q+1/t26-,29+,30+,31-,32-/m1/s1. The first kappa shape index (κ1) is 22.8. The molecule has 0 radical (unpaired) electrons. The molecule has 5 nitrogen and oxygen atoms in total. The Balaban J connectivity index is 1.31. The van der Waals surface area contributed by atoms with Gasteiger partial charge in [-0.25, -0.2) is 0 Å². The molecule has 2 aromatic rings. The number of hydrogen-bond acceptors (Lipinski definition) is 4. The highest BCUT2D eigenvalue weighted by atomic mass is 16.5. The number of carbonyl (C=O) groups excluding carboxylic acids is 1. The Kier molecular flexibility index (Phi) is 5.11. The smallest absolute Gasteiger partial charge is 0.174 e. The van der Waals surface area contributed by atoms with Crippen LogP contribution in [0.3, 0.4) is 0 Å². The number of nitrogens with zero attached hydrogens (tertiary/aromatic N) is 1. The normalized spacial score (nSPS) is 35.8. The zero-order valence-electron chi connectivity index (χ0n) is 21.6. The molecule has 5 heteroatoms. The molecule has 7 rings (SSSR count). The fraction of sp³-hybridized carbons (Fsp3) is 0.581. The van der Waals surface area contributed by atoms with Gasteiger partial charge in [0.2, 0.25) is 0 Å². The van der Waals surface area contributed by atoms with Gasteiger partial charge in [-0.15, -0.1) is 0 Å². The minimum Gasteiger partial charge on any atom is -0.493 e. The van der Waals surface area contributed by atoms with Gasteiger partial charge in [0.15, 0.2) is 23.4 Å². The number of piperidine rings is 1. The minimum atomic E-state index is -0.456. The molecule has 2 heterocycles. The summed E-state index contributed by atoms with van der Waals surface area (Å²) in [7, 11) is 4.17. The lowest BCUT2D eigenvalue weighted by Crippen LogP contribution is -2.81. The second-order valence-electron chi connectivity index (χ2n) is 12.2. The van der Waals surface area contributed by atoms with Crippen LogP contribution in [0.5, 0.6) is 11.5 Å². The first-order valence-corrected chi connectivity index (χ1v) is 13.9. The number of hydrogen-bond donors (Lipinski definition) is 0. The summed E-state index contributed by atoms with van der Waals surface area (Å²) in [5.74, 6) is 2.64. The van der Waals surface area contributed by atoms with Crippen LogP contribution < -0.4 is 9.47 Å². The molecule has 0 unspecified atom stereocenters. The van der Waals surface area contributed by atoms with E-state index in [1.54, 1.807) is 7.11 Å². The fourth-order valence-electron chi connectivity index (χ4n) is 8.53. The number of likely N-dealkylation sites (N-methyl/N-ethyl adjacent to an activating group) is 1. The molecule has 1 spiro atoms. The van der Waals surface area contributed by atoms with Gasteiger partial charge in [-0.2, -0.15) is 0 Å². The number of benzene rings is 2. The van der Waals surface area contributed by atoms with E-state index in [0.717, 1.165) is 60.5 Å². The monoisotopic (exact) mass is 488 g/mol. The van der Waals surface area contributed by atoms with Gasteiger partial charge >= 0.3 is 0 Å². The van der Waals surface area contributed by atoms with Gasteiger partial charge in [0.05, 0.1) is 32.7 Å². The van der Waals surface area contributed by atoms with Crippen LogP contribution >= 0.6 is 0 Å². The predicted octanol–water partition coefficient (Wildman–Crippen LogP) is 4.63. The molecule has 2 saturated carbocycles. The number of rotatable bonds is 8. The van der Waals surface area contributed by atoms with Crippen molar-refractivity contribution < 1.29 is 23.5 Å². The number of ketones is 1. The molecule has 0 N–H and O–H groups in total. The third-order valence-corrected chi connectivity index (χ3v) is 10.3. The van der Waals surface area contributed by atoms with Gasteiger partial charge in [0.1, 0.15) is 11.6 Å². The van der Waals surface area contributed by atoms with Crippen LogP contribution in [-0.4, -0.2) is 61.9 Å². The second kappa shape index (κ2) is 8.06. The van der Waals surface area contributed by atoms with Crippen LogP contribution in [0.4, 0.5) is 0 Å². The zero-order valence-corrected chi connectivity index (χ0v) is 21.6. The zero-order chi connectivity index (χ0) is 24.5. The summed E-state index contributed by atoms with van der Waals surface area (Å²) in [4.78, 5) is 13.5. The van der Waals surface area contributed by atoms with E-state index in [1.165, 1.54) is 36.1 Å². The number of aryl methyl sites for hydroxylation is 1. The van der Waals surface area contributed by atoms with E-state index < -0.39 is 11.5 Å². The quantitative estimate of drug-likeness (QED) is 0.402. The lowest BCUT2D eigenvalue weighted by Gasteiger charge is -2.66. The Morgan fingerprint density at radius 1 is 1.11 bits per heavy atom. The van der Waals surface area contributed by atoms with Crippen LogP contribution in [0.15, 0.2) is 42.5 Å². The Morgan fingerprint density at radius 2 is 1.94 bits per heavy atom. The first-order chi connectivity index (χ1) is 17.5. The summed E-state index contributed by atoms with van der Waals surface area (Å²) in [6.45, 7) is 3.03. The van der Waals surface area contributed by atoms with Crippen molar-refractivity contribution in [2.75, 3.05) is 33.9 Å². The Bertz CT molecular complexity index is 1190. The van der Waals surface area contributed by atoms with Gasteiger partial charge in [-0.3, -0.25) is 4.79 Å². The molecule has 2 bridgehead atoms. The number of ether oxygens (including phenoxy) is 3. The molecule has 5 atom stereocenters. The van der Waals surface area contributed by atoms with Gasteiger partial charge in [-0.1, -0.05) is 36.4 Å². The highest BCUT2D eigenvalue weighted by molar-refractivity contribution is 5.90. The van der Waals surface area contributed by atoms with Crippen LogP contribution in [0, 0.1) is 5.92 Å². The van der Waals surface area contributed by atoms with Crippen molar-refractivity contribution in [1.29, 1.82) is 0 Å². The number of methoxy groups -OCH3 is 1. The highest BCUT2D eigenvalue weighted by Crippen LogP contribution is 2.67. The van der Waals surface area contributed by atoms with E-state index in [9.17, 15) is 4.79 Å². The molecule has 3 aliphatic carbocycles.